The molecule has 116 valence electrons. The molecule has 6 heteroatoms. The van der Waals surface area contributed by atoms with Gasteiger partial charge in [-0.1, -0.05) is 12.1 Å². The fraction of sp³-hybridized carbons (Fsp3) is 0.176. The van der Waals surface area contributed by atoms with Gasteiger partial charge < -0.3 is 14.4 Å². The smallest absolute Gasteiger partial charge is 0.254 e. The van der Waals surface area contributed by atoms with Gasteiger partial charge in [0.15, 0.2) is 11.5 Å². The van der Waals surface area contributed by atoms with Crippen molar-refractivity contribution in [1.82, 2.24) is 9.88 Å². The van der Waals surface area contributed by atoms with Crippen molar-refractivity contribution < 1.29 is 14.3 Å². The molecule has 0 aliphatic carbocycles. The summed E-state index contributed by atoms with van der Waals surface area (Å²) in [5.74, 6) is 1.22. The number of carbonyl (C=O) groups excluding carboxylic acids is 1. The molecule has 1 aliphatic heterocycles. The van der Waals surface area contributed by atoms with Crippen LogP contribution < -0.4 is 9.47 Å². The van der Waals surface area contributed by atoms with Gasteiger partial charge in [-0.3, -0.25) is 4.79 Å². The van der Waals surface area contributed by atoms with Crippen LogP contribution in [0.1, 0.15) is 15.4 Å². The van der Waals surface area contributed by atoms with Crippen LogP contribution >= 0.6 is 11.3 Å². The molecule has 1 amide bonds. The molecule has 0 fully saturated rings. The maximum Gasteiger partial charge on any atom is 0.254 e. The number of hydrogen-bond donors (Lipinski definition) is 0. The van der Waals surface area contributed by atoms with E-state index in [4.69, 9.17) is 9.47 Å². The first-order valence-corrected chi connectivity index (χ1v) is 8.02. The minimum Gasteiger partial charge on any atom is -0.454 e. The van der Waals surface area contributed by atoms with E-state index in [0.29, 0.717) is 23.6 Å². The number of benzene rings is 2. The summed E-state index contributed by atoms with van der Waals surface area (Å²) >= 11 is 1.61. The first kappa shape index (κ1) is 14.0. The minimum absolute atomic E-state index is 0.0671. The van der Waals surface area contributed by atoms with Crippen LogP contribution in [0.25, 0.3) is 10.2 Å². The average Bonchev–Trinajstić information content (AvgIpc) is 3.18. The first-order chi connectivity index (χ1) is 11.2. The average molecular weight is 326 g/mol. The van der Waals surface area contributed by atoms with Crippen molar-refractivity contribution in [3.8, 4) is 11.5 Å². The Hall–Kier alpha value is -2.60. The Balaban J connectivity index is 1.54. The number of rotatable bonds is 3. The second kappa shape index (κ2) is 5.55. The quantitative estimate of drug-likeness (QED) is 0.741. The topological polar surface area (TPSA) is 51.7 Å². The summed E-state index contributed by atoms with van der Waals surface area (Å²) in [4.78, 5) is 18.8. The predicted octanol–water partition coefficient (Wildman–Crippen LogP) is 3.30. The molecule has 2 heterocycles. The molecule has 0 bridgehead atoms. The van der Waals surface area contributed by atoms with Crippen molar-refractivity contribution in [1.29, 1.82) is 0 Å². The van der Waals surface area contributed by atoms with Crippen LogP contribution in [0.5, 0.6) is 11.5 Å². The fourth-order valence-electron chi connectivity index (χ4n) is 2.51. The molecule has 5 nitrogen and oxygen atoms in total. The fourth-order valence-corrected chi connectivity index (χ4v) is 3.53. The van der Waals surface area contributed by atoms with Gasteiger partial charge in [0.05, 0.1) is 16.8 Å². The van der Waals surface area contributed by atoms with E-state index < -0.39 is 0 Å². The summed E-state index contributed by atoms with van der Waals surface area (Å²) in [7, 11) is 1.78. The van der Waals surface area contributed by atoms with Crippen molar-refractivity contribution in [3.05, 3.63) is 53.0 Å². The van der Waals surface area contributed by atoms with E-state index in [1.165, 1.54) is 0 Å². The lowest BCUT2D eigenvalue weighted by Crippen LogP contribution is -2.26. The number of amides is 1. The molecule has 0 saturated carbocycles. The molecule has 2 aromatic carbocycles. The number of fused-ring (bicyclic) bond motifs is 2. The summed E-state index contributed by atoms with van der Waals surface area (Å²) in [5, 5.41) is 0.919. The highest BCUT2D eigenvalue weighted by molar-refractivity contribution is 7.18. The van der Waals surface area contributed by atoms with Crippen molar-refractivity contribution in [2.75, 3.05) is 13.8 Å². The zero-order chi connectivity index (χ0) is 15.8. The molecular weight excluding hydrogens is 312 g/mol. The molecule has 4 rings (SSSR count). The van der Waals surface area contributed by atoms with Gasteiger partial charge in [0.25, 0.3) is 5.91 Å². The van der Waals surface area contributed by atoms with Gasteiger partial charge in [-0.05, 0) is 30.3 Å². The summed E-state index contributed by atoms with van der Waals surface area (Å²) in [6.07, 6.45) is 0. The summed E-state index contributed by atoms with van der Waals surface area (Å²) in [5.41, 5.74) is 1.55. The van der Waals surface area contributed by atoms with Crippen molar-refractivity contribution in [2.45, 2.75) is 6.54 Å². The maximum absolute atomic E-state index is 12.6. The second-order valence-electron chi connectivity index (χ2n) is 5.30. The van der Waals surface area contributed by atoms with Gasteiger partial charge >= 0.3 is 0 Å². The van der Waals surface area contributed by atoms with Crippen molar-refractivity contribution >= 4 is 27.5 Å². The van der Waals surface area contributed by atoms with Gasteiger partial charge in [-0.15, -0.1) is 11.3 Å². The molecule has 1 aliphatic rings. The van der Waals surface area contributed by atoms with Crippen molar-refractivity contribution in [3.63, 3.8) is 0 Å². The summed E-state index contributed by atoms with van der Waals surface area (Å²) in [6, 6.07) is 13.2. The lowest BCUT2D eigenvalue weighted by atomic mass is 10.2. The number of hydrogen-bond acceptors (Lipinski definition) is 5. The Kier molecular flexibility index (Phi) is 3.38. The molecule has 0 spiro atoms. The standard InChI is InChI=1S/C17H14N2O3S/c1-19(9-16-18-12-4-2-3-5-15(12)23-16)17(20)11-6-7-13-14(8-11)22-10-21-13/h2-8H,9-10H2,1H3. The van der Waals surface area contributed by atoms with Gasteiger partial charge in [0.2, 0.25) is 6.79 Å². The van der Waals surface area contributed by atoms with E-state index in [9.17, 15) is 4.79 Å². The number of para-hydroxylation sites is 1. The summed E-state index contributed by atoms with van der Waals surface area (Å²) in [6.45, 7) is 0.682. The third kappa shape index (κ3) is 2.61. The largest absolute Gasteiger partial charge is 0.454 e. The third-order valence-corrected chi connectivity index (χ3v) is 4.70. The first-order valence-electron chi connectivity index (χ1n) is 7.20. The highest BCUT2D eigenvalue weighted by Crippen LogP contribution is 2.33. The van der Waals surface area contributed by atoms with Gasteiger partial charge in [0, 0.05) is 12.6 Å². The van der Waals surface area contributed by atoms with E-state index in [0.717, 1.165) is 15.2 Å². The molecule has 23 heavy (non-hydrogen) atoms. The van der Waals surface area contributed by atoms with E-state index in [-0.39, 0.29) is 12.7 Å². The van der Waals surface area contributed by atoms with Gasteiger partial charge in [-0.2, -0.15) is 0 Å². The molecule has 0 saturated heterocycles. The van der Waals surface area contributed by atoms with Gasteiger partial charge in [-0.25, -0.2) is 4.98 Å². The third-order valence-electron chi connectivity index (χ3n) is 3.68. The van der Waals surface area contributed by atoms with E-state index >= 15 is 0 Å². The Morgan fingerprint density at radius 3 is 2.91 bits per heavy atom. The van der Waals surface area contributed by atoms with Crippen LogP contribution in [0.15, 0.2) is 42.5 Å². The number of nitrogens with zero attached hydrogens (tertiary/aromatic N) is 2. The van der Waals surface area contributed by atoms with Crippen LogP contribution in [0.2, 0.25) is 0 Å². The molecule has 0 radical (unpaired) electrons. The van der Waals surface area contributed by atoms with E-state index in [1.54, 1.807) is 41.5 Å². The van der Waals surface area contributed by atoms with Crippen LogP contribution in [0, 0.1) is 0 Å². The maximum atomic E-state index is 12.6. The molecule has 1 aromatic heterocycles. The molecule has 3 aromatic rings. The lowest BCUT2D eigenvalue weighted by Gasteiger charge is -2.15. The van der Waals surface area contributed by atoms with E-state index in [1.807, 2.05) is 24.3 Å². The molecule has 0 atom stereocenters. The van der Waals surface area contributed by atoms with Crippen LogP contribution in [0.3, 0.4) is 0 Å². The van der Waals surface area contributed by atoms with Crippen molar-refractivity contribution in [2.24, 2.45) is 0 Å². The number of aromatic nitrogens is 1. The van der Waals surface area contributed by atoms with E-state index in [2.05, 4.69) is 4.98 Å². The number of ether oxygens (including phenoxy) is 2. The lowest BCUT2D eigenvalue weighted by molar-refractivity contribution is 0.0784. The normalized spacial score (nSPS) is 12.6. The SMILES string of the molecule is CN(Cc1nc2ccccc2s1)C(=O)c1ccc2c(c1)OCO2. The minimum atomic E-state index is -0.0671. The second-order valence-corrected chi connectivity index (χ2v) is 6.42. The molecule has 0 unspecified atom stereocenters. The predicted molar refractivity (Wildman–Crippen MR) is 88.0 cm³/mol. The Labute approximate surface area is 137 Å². The monoisotopic (exact) mass is 326 g/mol. The summed E-state index contributed by atoms with van der Waals surface area (Å²) < 4.78 is 11.7. The molecular formula is C17H14N2O3S. The Morgan fingerprint density at radius 2 is 2.04 bits per heavy atom. The Bertz CT molecular complexity index is 857. The zero-order valence-electron chi connectivity index (χ0n) is 12.5. The van der Waals surface area contributed by atoms with Gasteiger partial charge in [0.1, 0.15) is 5.01 Å². The highest BCUT2D eigenvalue weighted by atomic mass is 32.1. The number of carbonyl (C=O) groups is 1. The van der Waals surface area contributed by atoms with Crippen LogP contribution in [-0.2, 0) is 6.54 Å². The van der Waals surface area contributed by atoms with Crippen LogP contribution in [-0.4, -0.2) is 29.6 Å². The molecule has 0 N–H and O–H groups in total. The number of thiazole rings is 1. The van der Waals surface area contributed by atoms with Crippen LogP contribution in [0.4, 0.5) is 0 Å². The highest BCUT2D eigenvalue weighted by Gasteiger charge is 2.19. The zero-order valence-corrected chi connectivity index (χ0v) is 13.3. The Morgan fingerprint density at radius 1 is 1.22 bits per heavy atom.